The summed E-state index contributed by atoms with van der Waals surface area (Å²) in [4.78, 5) is 36.1. The van der Waals surface area contributed by atoms with Crippen LogP contribution in [-0.4, -0.2) is 38.0 Å². The number of Topliss-reactive ketones (excluding diaryl/α,β-unsaturated/α-hetero) is 1. The van der Waals surface area contributed by atoms with Crippen molar-refractivity contribution < 1.29 is 28.6 Å². The summed E-state index contributed by atoms with van der Waals surface area (Å²) in [7, 11) is 2.90. The van der Waals surface area contributed by atoms with Crippen LogP contribution < -0.4 is 10.2 Å². The highest BCUT2D eigenvalue weighted by Crippen LogP contribution is 2.35. The molecule has 1 aromatic carbocycles. The molecule has 0 spiro atoms. The second-order valence-electron chi connectivity index (χ2n) is 5.94. The van der Waals surface area contributed by atoms with Gasteiger partial charge in [0.1, 0.15) is 17.1 Å². The average molecular weight is 362 g/mol. The summed E-state index contributed by atoms with van der Waals surface area (Å²) in [5.41, 5.74) is -0.0882. The summed E-state index contributed by atoms with van der Waals surface area (Å²) < 4.78 is 15.6. The summed E-state index contributed by atoms with van der Waals surface area (Å²) >= 11 is 0. The Morgan fingerprint density at radius 3 is 2.65 bits per heavy atom. The van der Waals surface area contributed by atoms with Gasteiger partial charge in [-0.1, -0.05) is 0 Å². The van der Waals surface area contributed by atoms with Gasteiger partial charge in [0.2, 0.25) is 0 Å². The van der Waals surface area contributed by atoms with Gasteiger partial charge in [0.05, 0.1) is 12.5 Å². The Balaban J connectivity index is 2.40. The topological polar surface area (TPSA) is 103 Å². The molecule has 2 rings (SSSR count). The van der Waals surface area contributed by atoms with Crippen molar-refractivity contribution in [2.45, 2.75) is 32.6 Å². The number of fused-ring (bicyclic) bond motifs is 1. The van der Waals surface area contributed by atoms with Crippen LogP contribution in [0.3, 0.4) is 0 Å². The van der Waals surface area contributed by atoms with Crippen molar-refractivity contribution in [3.63, 3.8) is 0 Å². The zero-order valence-corrected chi connectivity index (χ0v) is 15.1. The van der Waals surface area contributed by atoms with E-state index in [0.29, 0.717) is 37.1 Å². The molecule has 0 unspecified atom stereocenters. The summed E-state index contributed by atoms with van der Waals surface area (Å²) in [6.45, 7) is 2.11. The Bertz CT molecular complexity index is 880. The first-order chi connectivity index (χ1) is 12.4. The number of ether oxygens (including phenoxy) is 2. The third-order valence-corrected chi connectivity index (χ3v) is 4.25. The fourth-order valence-corrected chi connectivity index (χ4v) is 2.82. The number of aromatic hydroxyl groups is 1. The maximum absolute atomic E-state index is 12.8. The molecule has 1 aromatic heterocycles. The van der Waals surface area contributed by atoms with Gasteiger partial charge >= 0.3 is 0 Å². The molecular formula is C19H22O7. The largest absolute Gasteiger partial charge is 0.504 e. The predicted molar refractivity (Wildman–Crippen MR) is 95.3 cm³/mol. The van der Waals surface area contributed by atoms with E-state index in [-0.39, 0.29) is 52.1 Å². The monoisotopic (exact) mass is 362 g/mol. The number of ketones is 1. The lowest BCUT2D eigenvalue weighted by Gasteiger charge is -2.11. The number of rotatable bonds is 9. The van der Waals surface area contributed by atoms with E-state index in [0.717, 1.165) is 0 Å². The number of phenolic OH excluding ortho intramolecular Hbond substituents is 1. The van der Waals surface area contributed by atoms with Crippen LogP contribution in [-0.2, 0) is 16.0 Å². The van der Waals surface area contributed by atoms with E-state index in [1.165, 1.54) is 13.2 Å². The number of hydrogen-bond acceptors (Lipinski definition) is 7. The lowest BCUT2D eigenvalue weighted by Crippen LogP contribution is -2.14. The van der Waals surface area contributed by atoms with E-state index in [1.807, 2.05) is 0 Å². The van der Waals surface area contributed by atoms with Crippen LogP contribution >= 0.6 is 0 Å². The third-order valence-electron chi connectivity index (χ3n) is 4.25. The SMILES string of the molecule is COCCCC(=O)CCc1c(C)oc2c(C=O)c(O)c(OC)cc2c1=O. The van der Waals surface area contributed by atoms with Crippen LogP contribution in [0.2, 0.25) is 0 Å². The Kier molecular flexibility index (Phi) is 6.52. The highest BCUT2D eigenvalue weighted by Gasteiger charge is 2.20. The van der Waals surface area contributed by atoms with Crippen LogP contribution in [0.4, 0.5) is 0 Å². The average Bonchev–Trinajstić information content (AvgIpc) is 2.61. The third kappa shape index (κ3) is 3.94. The lowest BCUT2D eigenvalue weighted by molar-refractivity contribution is -0.119. The van der Waals surface area contributed by atoms with Gasteiger partial charge in [-0.15, -0.1) is 0 Å². The van der Waals surface area contributed by atoms with Crippen molar-refractivity contribution in [2.75, 3.05) is 20.8 Å². The zero-order valence-electron chi connectivity index (χ0n) is 15.1. The van der Waals surface area contributed by atoms with Crippen LogP contribution in [0.15, 0.2) is 15.3 Å². The molecule has 0 radical (unpaired) electrons. The fraction of sp³-hybridized carbons (Fsp3) is 0.421. The van der Waals surface area contributed by atoms with E-state index in [4.69, 9.17) is 13.9 Å². The number of aryl methyl sites for hydroxylation is 1. The van der Waals surface area contributed by atoms with E-state index >= 15 is 0 Å². The Hall–Kier alpha value is -2.67. The molecule has 7 heteroatoms. The van der Waals surface area contributed by atoms with E-state index < -0.39 is 0 Å². The summed E-state index contributed by atoms with van der Waals surface area (Å²) in [5.74, 6) is -0.00589. The van der Waals surface area contributed by atoms with Crippen molar-refractivity contribution in [1.29, 1.82) is 0 Å². The van der Waals surface area contributed by atoms with Gasteiger partial charge in [0.15, 0.2) is 28.8 Å². The predicted octanol–water partition coefficient (Wildman–Crippen LogP) is 2.56. The number of carbonyl (C=O) groups excluding carboxylic acids is 2. The van der Waals surface area contributed by atoms with Crippen LogP contribution in [0, 0.1) is 6.92 Å². The number of benzene rings is 1. The van der Waals surface area contributed by atoms with Gasteiger partial charge in [-0.05, 0) is 25.8 Å². The molecule has 1 heterocycles. The number of aldehydes is 1. The maximum Gasteiger partial charge on any atom is 0.196 e. The van der Waals surface area contributed by atoms with E-state index in [9.17, 15) is 19.5 Å². The molecule has 0 fully saturated rings. The second kappa shape index (κ2) is 8.62. The molecule has 26 heavy (non-hydrogen) atoms. The van der Waals surface area contributed by atoms with Crippen molar-refractivity contribution in [1.82, 2.24) is 0 Å². The molecule has 0 saturated heterocycles. The van der Waals surface area contributed by atoms with Crippen molar-refractivity contribution in [2.24, 2.45) is 0 Å². The highest BCUT2D eigenvalue weighted by atomic mass is 16.5. The number of hydrogen-bond donors (Lipinski definition) is 1. The summed E-state index contributed by atoms with van der Waals surface area (Å²) in [5, 5.41) is 10.2. The van der Waals surface area contributed by atoms with Gasteiger partial charge in [-0.25, -0.2) is 0 Å². The minimum atomic E-state index is -0.376. The highest BCUT2D eigenvalue weighted by molar-refractivity contribution is 5.99. The standard InChI is InChI=1S/C19H22O7/c1-11-13(7-6-12(21)5-4-8-24-2)17(22)14-9-16(25-3)18(23)15(10-20)19(14)26-11/h9-10,23H,4-8H2,1-3H3. The molecule has 0 saturated carbocycles. The molecule has 140 valence electrons. The first kappa shape index (κ1) is 19.7. The number of phenols is 1. The van der Waals surface area contributed by atoms with Crippen molar-refractivity contribution in [3.05, 3.63) is 33.2 Å². The van der Waals surface area contributed by atoms with Crippen molar-refractivity contribution >= 4 is 23.0 Å². The van der Waals surface area contributed by atoms with Gasteiger partial charge in [-0.2, -0.15) is 0 Å². The molecule has 0 aliphatic rings. The fourth-order valence-electron chi connectivity index (χ4n) is 2.82. The van der Waals surface area contributed by atoms with E-state index in [1.54, 1.807) is 14.0 Å². The molecule has 0 atom stereocenters. The molecule has 0 bridgehead atoms. The molecule has 0 aliphatic heterocycles. The number of methoxy groups -OCH3 is 2. The molecule has 0 aliphatic carbocycles. The minimum absolute atomic E-state index is 0.0102. The molecule has 7 nitrogen and oxygen atoms in total. The molecule has 2 aromatic rings. The first-order valence-electron chi connectivity index (χ1n) is 8.26. The first-order valence-corrected chi connectivity index (χ1v) is 8.26. The van der Waals surface area contributed by atoms with Crippen molar-refractivity contribution in [3.8, 4) is 11.5 Å². The normalized spacial score (nSPS) is 10.9. The van der Waals surface area contributed by atoms with Crippen LogP contribution in [0.5, 0.6) is 11.5 Å². The van der Waals surface area contributed by atoms with Crippen LogP contribution in [0.1, 0.15) is 40.9 Å². The molecular weight excluding hydrogens is 340 g/mol. The van der Waals surface area contributed by atoms with Gasteiger partial charge in [0, 0.05) is 32.1 Å². The zero-order chi connectivity index (χ0) is 19.3. The minimum Gasteiger partial charge on any atom is -0.504 e. The van der Waals surface area contributed by atoms with E-state index in [2.05, 4.69) is 0 Å². The smallest absolute Gasteiger partial charge is 0.196 e. The quantitative estimate of drug-likeness (QED) is 0.540. The lowest BCUT2D eigenvalue weighted by atomic mass is 10.0. The second-order valence-corrected chi connectivity index (χ2v) is 5.94. The van der Waals surface area contributed by atoms with Gasteiger partial charge in [-0.3, -0.25) is 14.4 Å². The van der Waals surface area contributed by atoms with Crippen LogP contribution in [0.25, 0.3) is 11.0 Å². The summed E-state index contributed by atoms with van der Waals surface area (Å²) in [6, 6.07) is 1.34. The number of carbonyl (C=O) groups is 2. The Morgan fingerprint density at radius 1 is 1.31 bits per heavy atom. The molecule has 0 amide bonds. The summed E-state index contributed by atoms with van der Waals surface area (Å²) in [6.07, 6.45) is 1.91. The van der Waals surface area contributed by atoms with Gasteiger partial charge in [0.25, 0.3) is 0 Å². The Labute approximate surface area is 150 Å². The Morgan fingerprint density at radius 2 is 2.04 bits per heavy atom. The molecule has 1 N–H and O–H groups in total. The maximum atomic E-state index is 12.8. The van der Waals surface area contributed by atoms with Gasteiger partial charge < -0.3 is 19.0 Å².